The SMILES string of the molecule is CC(C)CCC(=O)CCC1(C)[C@H]2Cc3ccc(O)cc3[C@]1(C)CCN2C.Cc1cccc(C)c1NC1=NCCCS1. The number of phenols is 1. The van der Waals surface area contributed by atoms with E-state index >= 15 is 0 Å². The minimum Gasteiger partial charge on any atom is -0.508 e. The molecule has 41 heavy (non-hydrogen) atoms. The number of aromatic hydroxyl groups is 1. The van der Waals surface area contributed by atoms with Crippen molar-refractivity contribution >= 4 is 28.4 Å². The molecule has 2 bridgehead atoms. The second-order valence-corrected chi connectivity index (χ2v) is 14.4. The van der Waals surface area contributed by atoms with E-state index in [-0.39, 0.29) is 10.8 Å². The van der Waals surface area contributed by atoms with Crippen LogP contribution in [0.15, 0.2) is 41.4 Å². The maximum Gasteiger partial charge on any atom is 0.161 e. The molecule has 1 aliphatic carbocycles. The zero-order valence-corrected chi connectivity index (χ0v) is 27.2. The number of carbonyl (C=O) groups excluding carboxylic acids is 1. The summed E-state index contributed by atoms with van der Waals surface area (Å²) < 4.78 is 0. The summed E-state index contributed by atoms with van der Waals surface area (Å²) in [5.41, 5.74) is 6.51. The van der Waals surface area contributed by atoms with E-state index in [4.69, 9.17) is 0 Å². The lowest BCUT2D eigenvalue weighted by molar-refractivity contribution is -0.121. The summed E-state index contributed by atoms with van der Waals surface area (Å²) in [6.45, 7) is 15.4. The molecule has 0 aromatic heterocycles. The van der Waals surface area contributed by atoms with Crippen LogP contribution in [0.2, 0.25) is 0 Å². The fraction of sp³-hybridized carbons (Fsp3) is 0.600. The minimum absolute atomic E-state index is 0.00876. The Morgan fingerprint density at radius 1 is 1.17 bits per heavy atom. The number of likely N-dealkylation sites (tertiary alicyclic amines) is 1. The van der Waals surface area contributed by atoms with Gasteiger partial charge in [-0.05, 0) is 105 Å². The molecule has 2 N–H and O–H groups in total. The number of nitrogens with zero attached hydrogens (tertiary/aromatic N) is 2. The van der Waals surface area contributed by atoms with Gasteiger partial charge >= 0.3 is 0 Å². The summed E-state index contributed by atoms with van der Waals surface area (Å²) in [6, 6.07) is 12.7. The summed E-state index contributed by atoms with van der Waals surface area (Å²) in [7, 11) is 2.23. The predicted molar refractivity (Wildman–Crippen MR) is 176 cm³/mol. The molecule has 1 saturated heterocycles. The molecule has 2 aromatic rings. The molecule has 0 saturated carbocycles. The third-order valence-electron chi connectivity index (χ3n) is 10.0. The predicted octanol–water partition coefficient (Wildman–Crippen LogP) is 7.91. The van der Waals surface area contributed by atoms with Crippen molar-refractivity contribution in [1.29, 1.82) is 0 Å². The van der Waals surface area contributed by atoms with Gasteiger partial charge in [0, 0.05) is 42.3 Å². The Bertz CT molecular complexity index is 1240. The Hall–Kier alpha value is -2.31. The molecule has 5 rings (SSSR count). The van der Waals surface area contributed by atoms with Crippen LogP contribution in [0.4, 0.5) is 5.69 Å². The van der Waals surface area contributed by atoms with Crippen LogP contribution in [-0.2, 0) is 16.6 Å². The van der Waals surface area contributed by atoms with E-state index in [0.29, 0.717) is 36.3 Å². The van der Waals surface area contributed by atoms with Gasteiger partial charge in [0.05, 0.1) is 0 Å². The van der Waals surface area contributed by atoms with Crippen molar-refractivity contribution in [3.63, 3.8) is 0 Å². The second kappa shape index (κ2) is 13.3. The number of fused-ring (bicyclic) bond motifs is 4. The van der Waals surface area contributed by atoms with Crippen molar-refractivity contribution in [1.82, 2.24) is 4.90 Å². The van der Waals surface area contributed by atoms with Crippen molar-refractivity contribution in [3.8, 4) is 5.75 Å². The number of amidine groups is 1. The molecule has 2 heterocycles. The third kappa shape index (κ3) is 7.02. The van der Waals surface area contributed by atoms with Crippen LogP contribution in [-0.4, -0.2) is 52.9 Å². The minimum atomic E-state index is 0.00876. The van der Waals surface area contributed by atoms with E-state index < -0.39 is 0 Å². The fourth-order valence-electron chi connectivity index (χ4n) is 7.05. The average Bonchev–Trinajstić information content (AvgIpc) is 2.94. The standard InChI is InChI=1S/C23H35NO2.C12H16N2S/c1-16(2)6-8-18(25)10-11-23(4)21-14-17-7-9-19(26)15-20(17)22(23,3)12-13-24(21)5;1-9-5-3-6-10(2)11(9)14-12-13-7-4-8-15-12/h7,9,15-16,21,26H,6,8,10-14H2,1-5H3;3,5-6H,4,7-8H2,1-2H3,(H,13,14)/t21-,22+,23?;/m1./s1. The number of anilines is 1. The van der Waals surface area contributed by atoms with Crippen LogP contribution < -0.4 is 5.32 Å². The Balaban J connectivity index is 0.000000218. The largest absolute Gasteiger partial charge is 0.508 e. The van der Waals surface area contributed by atoms with Gasteiger partial charge in [-0.15, -0.1) is 0 Å². The smallest absolute Gasteiger partial charge is 0.161 e. The number of aliphatic imine (C=N–C) groups is 1. The highest BCUT2D eigenvalue weighted by Crippen LogP contribution is 2.58. The van der Waals surface area contributed by atoms with Gasteiger partial charge in [-0.2, -0.15) is 0 Å². The van der Waals surface area contributed by atoms with Crippen LogP contribution in [0.1, 0.15) is 88.5 Å². The molecule has 2 aliphatic heterocycles. The topological polar surface area (TPSA) is 64.9 Å². The van der Waals surface area contributed by atoms with Crippen LogP contribution in [0, 0.1) is 25.2 Å². The van der Waals surface area contributed by atoms with Crippen molar-refractivity contribution in [2.75, 3.05) is 31.2 Å². The van der Waals surface area contributed by atoms with E-state index in [9.17, 15) is 9.90 Å². The molecule has 0 amide bonds. The zero-order chi connectivity index (χ0) is 29.8. The number of carbonyl (C=O) groups is 1. The highest BCUT2D eigenvalue weighted by molar-refractivity contribution is 8.14. The zero-order valence-electron chi connectivity index (χ0n) is 26.3. The average molecular weight is 578 g/mol. The first-order valence-corrected chi connectivity index (χ1v) is 16.5. The number of ketones is 1. The highest BCUT2D eigenvalue weighted by Gasteiger charge is 2.57. The molecule has 0 radical (unpaired) electrons. The molecule has 0 spiro atoms. The number of piperidine rings is 1. The molecule has 1 unspecified atom stereocenters. The lowest BCUT2D eigenvalue weighted by atomic mass is 9.49. The van der Waals surface area contributed by atoms with Gasteiger partial charge in [0.15, 0.2) is 5.17 Å². The summed E-state index contributed by atoms with van der Waals surface area (Å²) in [5, 5.41) is 14.6. The van der Waals surface area contributed by atoms with Crippen molar-refractivity contribution in [2.45, 2.75) is 97.9 Å². The van der Waals surface area contributed by atoms with E-state index in [1.54, 1.807) is 0 Å². The van der Waals surface area contributed by atoms with E-state index in [1.165, 1.54) is 40.1 Å². The number of phenolic OH excluding ortho intramolecular Hbond substituents is 1. The summed E-state index contributed by atoms with van der Waals surface area (Å²) in [6.07, 6.45) is 6.60. The van der Waals surface area contributed by atoms with E-state index in [0.717, 1.165) is 43.9 Å². The number of para-hydroxylation sites is 1. The van der Waals surface area contributed by atoms with Gasteiger partial charge in [-0.25, -0.2) is 0 Å². The van der Waals surface area contributed by atoms with Crippen LogP contribution in [0.5, 0.6) is 5.75 Å². The Labute approximate surface area is 252 Å². The van der Waals surface area contributed by atoms with Gasteiger partial charge in [-0.1, -0.05) is 63.7 Å². The summed E-state index contributed by atoms with van der Waals surface area (Å²) in [4.78, 5) is 19.5. The number of hydrogen-bond acceptors (Lipinski definition) is 6. The summed E-state index contributed by atoms with van der Waals surface area (Å²) >= 11 is 1.81. The first kappa shape index (κ1) is 31.6. The first-order valence-electron chi connectivity index (χ1n) is 15.5. The number of aryl methyl sites for hydroxylation is 2. The van der Waals surface area contributed by atoms with Gasteiger partial charge in [-0.3, -0.25) is 9.79 Å². The molecule has 2 aromatic carbocycles. The number of hydrogen-bond donors (Lipinski definition) is 2. The van der Waals surface area contributed by atoms with Crippen LogP contribution >= 0.6 is 11.8 Å². The van der Waals surface area contributed by atoms with Gasteiger partial charge in [0.25, 0.3) is 0 Å². The van der Waals surface area contributed by atoms with Crippen molar-refractivity contribution in [2.24, 2.45) is 16.3 Å². The first-order chi connectivity index (χ1) is 19.4. The maximum atomic E-state index is 12.5. The molecule has 224 valence electrons. The number of benzene rings is 2. The van der Waals surface area contributed by atoms with Gasteiger partial charge in [0.1, 0.15) is 11.5 Å². The molecule has 3 aliphatic rings. The number of Topliss-reactive ketones (excluding diaryl/α,β-unsaturated/α-hetero) is 1. The quantitative estimate of drug-likeness (QED) is 0.350. The molecule has 5 nitrogen and oxygen atoms in total. The second-order valence-electron chi connectivity index (χ2n) is 13.3. The number of rotatable bonds is 7. The third-order valence-corrected chi connectivity index (χ3v) is 11.0. The monoisotopic (exact) mass is 577 g/mol. The Morgan fingerprint density at radius 2 is 1.90 bits per heavy atom. The molecule has 1 fully saturated rings. The van der Waals surface area contributed by atoms with Crippen LogP contribution in [0.3, 0.4) is 0 Å². The van der Waals surface area contributed by atoms with Crippen molar-refractivity contribution < 1.29 is 9.90 Å². The lowest BCUT2D eigenvalue weighted by Crippen LogP contribution is -2.64. The Morgan fingerprint density at radius 3 is 2.56 bits per heavy atom. The fourth-order valence-corrected chi connectivity index (χ4v) is 7.88. The van der Waals surface area contributed by atoms with Gasteiger partial charge < -0.3 is 15.3 Å². The molecular formula is C35H51N3O2S. The molecular weight excluding hydrogens is 526 g/mol. The maximum absolute atomic E-state index is 12.5. The van der Waals surface area contributed by atoms with Crippen LogP contribution in [0.25, 0.3) is 0 Å². The normalized spacial score (nSPS) is 25.6. The van der Waals surface area contributed by atoms with E-state index in [2.05, 4.69) is 88.1 Å². The molecule has 6 heteroatoms. The number of nitrogens with one attached hydrogen (secondary N) is 1. The lowest BCUT2D eigenvalue weighted by Gasteiger charge is -2.62. The number of likely N-dealkylation sites (N-methyl/N-ethyl adjacent to an activating group) is 1. The summed E-state index contributed by atoms with van der Waals surface area (Å²) in [5.74, 6) is 2.53. The van der Waals surface area contributed by atoms with E-state index in [1.807, 2.05) is 23.9 Å². The molecule has 3 atom stereocenters. The van der Waals surface area contributed by atoms with Crippen molar-refractivity contribution in [3.05, 3.63) is 58.7 Å². The number of thioether (sulfide) groups is 1. The highest BCUT2D eigenvalue weighted by atomic mass is 32.2. The van der Waals surface area contributed by atoms with Gasteiger partial charge in [0.2, 0.25) is 0 Å². The Kier molecular flexibility index (Phi) is 10.3.